The average Bonchev–Trinajstić information content (AvgIpc) is 2.35. The van der Waals surface area contributed by atoms with E-state index < -0.39 is 0 Å². The number of hydrogen-bond acceptors (Lipinski definition) is 2. The van der Waals surface area contributed by atoms with Gasteiger partial charge in [0.15, 0.2) is 11.5 Å². The fraction of sp³-hybridized carbons (Fsp3) is 0.143. The van der Waals surface area contributed by atoms with E-state index in [0.29, 0.717) is 10.2 Å². The Labute approximate surface area is 109 Å². The Morgan fingerprint density at radius 1 is 1.12 bits per heavy atom. The molecule has 0 bridgehead atoms. The number of halogens is 1. The molecule has 3 heteroatoms. The molecule has 0 atom stereocenters. The lowest BCUT2D eigenvalue weighted by Gasteiger charge is -2.09. The lowest BCUT2D eigenvalue weighted by atomic mass is 10.0. The monoisotopic (exact) mass is 292 g/mol. The smallest absolute Gasteiger partial charge is 0.172 e. The fourth-order valence-electron chi connectivity index (χ4n) is 1.72. The molecule has 0 aliphatic rings. The van der Waals surface area contributed by atoms with Crippen molar-refractivity contribution in [2.24, 2.45) is 0 Å². The van der Waals surface area contributed by atoms with Crippen molar-refractivity contribution in [3.8, 4) is 11.5 Å². The molecule has 2 rings (SSSR count). The molecule has 0 radical (unpaired) electrons. The first-order chi connectivity index (χ1) is 8.20. The minimum Gasteiger partial charge on any atom is -0.503 e. The average molecular weight is 293 g/mol. The van der Waals surface area contributed by atoms with Crippen molar-refractivity contribution in [1.82, 2.24) is 0 Å². The van der Waals surface area contributed by atoms with Gasteiger partial charge in [-0.05, 0) is 45.6 Å². The molecule has 0 aromatic heterocycles. The predicted molar refractivity (Wildman–Crippen MR) is 71.6 cm³/mol. The minimum absolute atomic E-state index is 0.143. The Kier molecular flexibility index (Phi) is 3.69. The van der Waals surface area contributed by atoms with E-state index in [2.05, 4.69) is 28.1 Å². The third-order valence-electron chi connectivity index (χ3n) is 2.56. The van der Waals surface area contributed by atoms with E-state index in [4.69, 9.17) is 4.74 Å². The number of phenolic OH excluding ortho intramolecular Hbond substituents is 1. The number of methoxy groups -OCH3 is 1. The summed E-state index contributed by atoms with van der Waals surface area (Å²) in [5.74, 6) is 0.634. The van der Waals surface area contributed by atoms with Crippen LogP contribution in [0, 0.1) is 0 Å². The Bertz CT molecular complexity index is 509. The van der Waals surface area contributed by atoms with Crippen molar-refractivity contribution in [2.45, 2.75) is 6.42 Å². The van der Waals surface area contributed by atoms with E-state index in [1.165, 1.54) is 5.56 Å². The van der Waals surface area contributed by atoms with Crippen molar-refractivity contribution in [1.29, 1.82) is 0 Å². The molecule has 0 heterocycles. The van der Waals surface area contributed by atoms with Crippen LogP contribution in [-0.4, -0.2) is 12.2 Å². The standard InChI is InChI=1S/C14H13BrO2/c1-17-13-9-11(8-12(15)14(13)16)7-10-5-3-2-4-6-10/h2-6,8-9,16H,7H2,1H3. The zero-order valence-electron chi connectivity index (χ0n) is 9.48. The first kappa shape index (κ1) is 12.0. The Hall–Kier alpha value is -1.48. The summed E-state index contributed by atoms with van der Waals surface area (Å²) in [6, 6.07) is 13.9. The maximum Gasteiger partial charge on any atom is 0.172 e. The van der Waals surface area contributed by atoms with Gasteiger partial charge in [-0.1, -0.05) is 30.3 Å². The van der Waals surface area contributed by atoms with E-state index in [9.17, 15) is 5.11 Å². The molecule has 0 unspecified atom stereocenters. The molecule has 0 aliphatic heterocycles. The normalized spacial score (nSPS) is 10.2. The predicted octanol–water partition coefficient (Wildman–Crippen LogP) is 3.75. The molecule has 0 fully saturated rings. The van der Waals surface area contributed by atoms with Gasteiger partial charge in [0, 0.05) is 0 Å². The highest BCUT2D eigenvalue weighted by Crippen LogP contribution is 2.35. The third kappa shape index (κ3) is 2.80. The maximum atomic E-state index is 9.72. The first-order valence-electron chi connectivity index (χ1n) is 5.30. The van der Waals surface area contributed by atoms with Gasteiger partial charge >= 0.3 is 0 Å². The molecule has 0 spiro atoms. The van der Waals surface area contributed by atoms with Crippen molar-refractivity contribution in [3.05, 3.63) is 58.1 Å². The van der Waals surface area contributed by atoms with Crippen LogP contribution in [-0.2, 0) is 6.42 Å². The van der Waals surface area contributed by atoms with Gasteiger partial charge in [0.2, 0.25) is 0 Å². The molecule has 2 aromatic rings. The number of rotatable bonds is 3. The molecule has 0 amide bonds. The molecule has 2 aromatic carbocycles. The van der Waals surface area contributed by atoms with Gasteiger partial charge in [0.1, 0.15) is 0 Å². The zero-order chi connectivity index (χ0) is 12.3. The number of hydrogen-bond donors (Lipinski definition) is 1. The van der Waals surface area contributed by atoms with Gasteiger partial charge in [-0.25, -0.2) is 0 Å². The first-order valence-corrected chi connectivity index (χ1v) is 6.09. The number of phenols is 1. The van der Waals surface area contributed by atoms with Crippen LogP contribution in [0.1, 0.15) is 11.1 Å². The molecule has 1 N–H and O–H groups in total. The Morgan fingerprint density at radius 2 is 1.82 bits per heavy atom. The van der Waals surface area contributed by atoms with Crippen LogP contribution >= 0.6 is 15.9 Å². The highest BCUT2D eigenvalue weighted by Gasteiger charge is 2.08. The van der Waals surface area contributed by atoms with Gasteiger partial charge in [-0.2, -0.15) is 0 Å². The molecule has 88 valence electrons. The Morgan fingerprint density at radius 3 is 2.47 bits per heavy atom. The van der Waals surface area contributed by atoms with Crippen LogP contribution in [0.25, 0.3) is 0 Å². The highest BCUT2D eigenvalue weighted by molar-refractivity contribution is 9.10. The summed E-state index contributed by atoms with van der Waals surface area (Å²) in [5, 5.41) is 9.72. The van der Waals surface area contributed by atoms with Crippen molar-refractivity contribution < 1.29 is 9.84 Å². The molecule has 17 heavy (non-hydrogen) atoms. The van der Waals surface area contributed by atoms with Gasteiger partial charge in [0.05, 0.1) is 11.6 Å². The molecule has 0 saturated heterocycles. The molecular weight excluding hydrogens is 280 g/mol. The second kappa shape index (κ2) is 5.23. The van der Waals surface area contributed by atoms with Crippen LogP contribution in [0.15, 0.2) is 46.9 Å². The van der Waals surface area contributed by atoms with E-state index in [1.54, 1.807) is 7.11 Å². The van der Waals surface area contributed by atoms with Crippen molar-refractivity contribution >= 4 is 15.9 Å². The SMILES string of the molecule is COc1cc(Cc2ccccc2)cc(Br)c1O. The van der Waals surface area contributed by atoms with E-state index >= 15 is 0 Å². The minimum atomic E-state index is 0.143. The van der Waals surface area contributed by atoms with Crippen LogP contribution in [0.3, 0.4) is 0 Å². The van der Waals surface area contributed by atoms with Gasteiger partial charge in [-0.15, -0.1) is 0 Å². The van der Waals surface area contributed by atoms with E-state index in [-0.39, 0.29) is 5.75 Å². The topological polar surface area (TPSA) is 29.5 Å². The summed E-state index contributed by atoms with van der Waals surface area (Å²) >= 11 is 3.32. The van der Waals surface area contributed by atoms with Crippen LogP contribution < -0.4 is 4.74 Å². The van der Waals surface area contributed by atoms with E-state index in [1.807, 2.05) is 30.3 Å². The second-order valence-electron chi connectivity index (χ2n) is 3.79. The lowest BCUT2D eigenvalue weighted by Crippen LogP contribution is -1.91. The third-order valence-corrected chi connectivity index (χ3v) is 3.16. The summed E-state index contributed by atoms with van der Waals surface area (Å²) in [7, 11) is 1.55. The van der Waals surface area contributed by atoms with Crippen molar-refractivity contribution in [3.63, 3.8) is 0 Å². The largest absolute Gasteiger partial charge is 0.503 e. The maximum absolute atomic E-state index is 9.72. The summed E-state index contributed by atoms with van der Waals surface area (Å²) in [4.78, 5) is 0. The van der Waals surface area contributed by atoms with Crippen molar-refractivity contribution in [2.75, 3.05) is 7.11 Å². The van der Waals surface area contributed by atoms with Gasteiger partial charge < -0.3 is 9.84 Å². The van der Waals surface area contributed by atoms with Crippen LogP contribution in [0.2, 0.25) is 0 Å². The highest BCUT2D eigenvalue weighted by atomic mass is 79.9. The molecule has 0 aliphatic carbocycles. The number of benzene rings is 2. The summed E-state index contributed by atoms with van der Waals surface area (Å²) in [5.41, 5.74) is 2.32. The molecule has 0 saturated carbocycles. The summed E-state index contributed by atoms with van der Waals surface area (Å²) in [6.07, 6.45) is 0.816. The summed E-state index contributed by atoms with van der Waals surface area (Å²) < 4.78 is 5.78. The van der Waals surface area contributed by atoms with Gasteiger partial charge in [-0.3, -0.25) is 0 Å². The van der Waals surface area contributed by atoms with E-state index in [0.717, 1.165) is 12.0 Å². The van der Waals surface area contributed by atoms with Gasteiger partial charge in [0.25, 0.3) is 0 Å². The van der Waals surface area contributed by atoms with Crippen LogP contribution in [0.4, 0.5) is 0 Å². The molecular formula is C14H13BrO2. The fourth-order valence-corrected chi connectivity index (χ4v) is 2.21. The quantitative estimate of drug-likeness (QED) is 0.933. The number of aromatic hydroxyl groups is 1. The molecule has 2 nitrogen and oxygen atoms in total. The summed E-state index contributed by atoms with van der Waals surface area (Å²) in [6.45, 7) is 0. The zero-order valence-corrected chi connectivity index (χ0v) is 11.1. The second-order valence-corrected chi connectivity index (χ2v) is 4.65. The Balaban J connectivity index is 2.31. The van der Waals surface area contributed by atoms with Crippen LogP contribution in [0.5, 0.6) is 11.5 Å². The lowest BCUT2D eigenvalue weighted by molar-refractivity contribution is 0.371. The number of ether oxygens (including phenoxy) is 1.